The number of aliphatic imine (C=N–C) groups is 2. The van der Waals surface area contributed by atoms with Crippen LogP contribution in [0.2, 0.25) is 0 Å². The van der Waals surface area contributed by atoms with Crippen molar-refractivity contribution in [1.29, 1.82) is 0 Å². The molecule has 0 aliphatic heterocycles. The normalized spacial score (nSPS) is 11.1. The van der Waals surface area contributed by atoms with Crippen molar-refractivity contribution in [2.45, 2.75) is 12.8 Å². The van der Waals surface area contributed by atoms with Crippen LogP contribution in [0.1, 0.15) is 24.0 Å². The molecule has 0 aliphatic carbocycles. The molecule has 0 saturated heterocycles. The summed E-state index contributed by atoms with van der Waals surface area (Å²) in [6.07, 6.45) is 5.24. The number of phenolic OH excluding ortho intramolecular Hbond substituents is 4. The van der Waals surface area contributed by atoms with Crippen molar-refractivity contribution in [3.05, 3.63) is 47.5 Å². The van der Waals surface area contributed by atoms with Gasteiger partial charge in [0.05, 0.1) is 0 Å². The first-order valence-electron chi connectivity index (χ1n) is 10.5. The van der Waals surface area contributed by atoms with Crippen LogP contribution in [0, 0.1) is 0 Å². The van der Waals surface area contributed by atoms with Crippen LogP contribution >= 0.6 is 0 Å². The second kappa shape index (κ2) is 16.9. The maximum Gasteiger partial charge on any atom is 2.00 e. The molecule has 8 nitrogen and oxygen atoms in total. The molecule has 0 radical (unpaired) electrons. The largest absolute Gasteiger partial charge is 2.00 e. The van der Waals surface area contributed by atoms with E-state index in [-0.39, 0.29) is 39.5 Å². The summed E-state index contributed by atoms with van der Waals surface area (Å²) < 4.78 is 0. The maximum absolute atomic E-state index is 9.48. The Kier molecular flexibility index (Phi) is 15.6. The molecule has 0 aromatic heterocycles. The number of aromatic hydroxyl groups is 4. The van der Waals surface area contributed by atoms with Crippen LogP contribution in [0.3, 0.4) is 0 Å². The minimum atomic E-state index is 0. The summed E-state index contributed by atoms with van der Waals surface area (Å²) in [5.74, 6) is 0.220. The molecule has 33 heavy (non-hydrogen) atoms. The average molecular weight is 503 g/mol. The van der Waals surface area contributed by atoms with Gasteiger partial charge >= 0.3 is 16.5 Å². The van der Waals surface area contributed by atoms with Gasteiger partial charge in [-0.2, -0.15) is 0 Å². The molecule has 0 fully saturated rings. The molecule has 0 spiro atoms. The van der Waals surface area contributed by atoms with Crippen LogP contribution in [0.4, 0.5) is 0 Å². The molecule has 2 aromatic rings. The predicted molar refractivity (Wildman–Crippen MR) is 131 cm³/mol. The monoisotopic (exact) mass is 502 g/mol. The van der Waals surface area contributed by atoms with E-state index < -0.39 is 0 Å². The quantitative estimate of drug-likeness (QED) is 0.226. The van der Waals surface area contributed by atoms with Gasteiger partial charge < -0.3 is 30.2 Å². The molecular weight excluding hydrogens is 467 g/mol. The summed E-state index contributed by atoms with van der Waals surface area (Å²) in [5.41, 5.74) is 1.25. The Hall–Kier alpha value is -2.61. The van der Waals surface area contributed by atoms with E-state index >= 15 is 0 Å². The molecular formula is C24H36N4NiO4+2. The fourth-order valence-corrected chi connectivity index (χ4v) is 2.56. The zero-order valence-corrected chi connectivity index (χ0v) is 20.7. The Bertz CT molecular complexity index is 802. The fourth-order valence-electron chi connectivity index (χ4n) is 2.56. The number of hydrogen-bond donors (Lipinski definition) is 4. The third kappa shape index (κ3) is 14.2. The second-order valence-corrected chi connectivity index (χ2v) is 7.87. The van der Waals surface area contributed by atoms with Crippen molar-refractivity contribution in [2.75, 3.05) is 54.4 Å². The van der Waals surface area contributed by atoms with Gasteiger partial charge in [0, 0.05) is 48.8 Å². The first kappa shape index (κ1) is 30.4. The predicted octanol–water partition coefficient (Wildman–Crippen LogP) is 2.93. The topological polar surface area (TPSA) is 112 Å². The molecule has 0 amide bonds. The smallest absolute Gasteiger partial charge is 0.508 e. The van der Waals surface area contributed by atoms with Crippen LogP contribution in [-0.2, 0) is 16.5 Å². The number of rotatable bonds is 10. The van der Waals surface area contributed by atoms with Crippen LogP contribution in [0.25, 0.3) is 0 Å². The Morgan fingerprint density at radius 1 is 0.667 bits per heavy atom. The fraction of sp³-hybridized carbons (Fsp3) is 0.417. The third-order valence-electron chi connectivity index (χ3n) is 4.27. The average Bonchev–Trinajstić information content (AvgIpc) is 2.70. The van der Waals surface area contributed by atoms with Gasteiger partial charge in [-0.25, -0.2) is 0 Å². The molecule has 0 atom stereocenters. The van der Waals surface area contributed by atoms with E-state index in [9.17, 15) is 10.2 Å². The van der Waals surface area contributed by atoms with E-state index in [1.807, 2.05) is 28.2 Å². The van der Waals surface area contributed by atoms with Crippen molar-refractivity contribution >= 4 is 12.4 Å². The Morgan fingerprint density at radius 3 is 1.33 bits per heavy atom. The van der Waals surface area contributed by atoms with Gasteiger partial charge in [0.25, 0.3) is 0 Å². The summed E-state index contributed by atoms with van der Waals surface area (Å²) >= 11 is 0. The van der Waals surface area contributed by atoms with Gasteiger partial charge in [-0.15, -0.1) is 0 Å². The van der Waals surface area contributed by atoms with Gasteiger partial charge in [0.15, 0.2) is 0 Å². The third-order valence-corrected chi connectivity index (χ3v) is 4.27. The minimum absolute atomic E-state index is 0. The van der Waals surface area contributed by atoms with Crippen molar-refractivity contribution in [2.24, 2.45) is 9.98 Å². The molecule has 184 valence electrons. The van der Waals surface area contributed by atoms with Crippen LogP contribution in [0.5, 0.6) is 23.0 Å². The van der Waals surface area contributed by atoms with Gasteiger partial charge in [0.2, 0.25) is 0 Å². The van der Waals surface area contributed by atoms with Crippen molar-refractivity contribution in [1.82, 2.24) is 9.80 Å². The number of nitrogens with zero attached hydrogens (tertiary/aromatic N) is 4. The summed E-state index contributed by atoms with van der Waals surface area (Å²) in [6, 6.07) is 8.95. The zero-order valence-electron chi connectivity index (χ0n) is 19.8. The number of phenols is 4. The Labute approximate surface area is 206 Å². The van der Waals surface area contributed by atoms with E-state index in [4.69, 9.17) is 10.2 Å². The van der Waals surface area contributed by atoms with E-state index in [0.29, 0.717) is 11.1 Å². The second-order valence-electron chi connectivity index (χ2n) is 7.87. The van der Waals surface area contributed by atoms with E-state index in [2.05, 4.69) is 19.8 Å². The molecule has 9 heteroatoms. The Balaban J connectivity index is 0.000000602. The van der Waals surface area contributed by atoms with E-state index in [0.717, 1.165) is 39.0 Å². The van der Waals surface area contributed by atoms with Crippen LogP contribution < -0.4 is 0 Å². The molecule has 2 aromatic carbocycles. The first-order valence-corrected chi connectivity index (χ1v) is 10.5. The van der Waals surface area contributed by atoms with Gasteiger partial charge in [-0.3, -0.25) is 9.98 Å². The summed E-state index contributed by atoms with van der Waals surface area (Å²) in [6.45, 7) is 3.47. The van der Waals surface area contributed by atoms with E-state index in [1.165, 1.54) is 24.3 Å². The maximum atomic E-state index is 9.48. The van der Waals surface area contributed by atoms with Gasteiger partial charge in [-0.1, -0.05) is 0 Å². The summed E-state index contributed by atoms with van der Waals surface area (Å²) in [5, 5.41) is 37.1. The number of benzene rings is 2. The minimum Gasteiger partial charge on any atom is -0.508 e. The van der Waals surface area contributed by atoms with Gasteiger partial charge in [-0.05, 0) is 78.4 Å². The summed E-state index contributed by atoms with van der Waals surface area (Å²) in [4.78, 5) is 12.6. The van der Waals surface area contributed by atoms with Crippen molar-refractivity contribution < 1.29 is 36.9 Å². The van der Waals surface area contributed by atoms with Crippen LogP contribution in [-0.4, -0.2) is 97.0 Å². The molecule has 0 aliphatic rings. The first-order chi connectivity index (χ1) is 15.2. The standard InChI is InChI=1S/2C12H18N2O2.Ni/c2*1-14(2)7-3-6-13-9-10-4-5-11(15)8-12(10)16;/h2*4-5,8-9,15-16H,3,6-7H2,1-2H3;/q;;+2. The molecule has 0 unspecified atom stereocenters. The van der Waals surface area contributed by atoms with Crippen molar-refractivity contribution in [3.63, 3.8) is 0 Å². The number of hydrogen-bond acceptors (Lipinski definition) is 8. The van der Waals surface area contributed by atoms with Crippen LogP contribution in [0.15, 0.2) is 46.4 Å². The molecule has 4 N–H and O–H groups in total. The van der Waals surface area contributed by atoms with Crippen molar-refractivity contribution in [3.8, 4) is 23.0 Å². The molecule has 0 heterocycles. The summed E-state index contributed by atoms with van der Waals surface area (Å²) in [7, 11) is 8.09. The molecule has 0 saturated carbocycles. The Morgan fingerprint density at radius 2 is 1.03 bits per heavy atom. The zero-order chi connectivity index (χ0) is 23.9. The molecule has 0 bridgehead atoms. The van der Waals surface area contributed by atoms with Gasteiger partial charge in [0.1, 0.15) is 23.0 Å². The molecule has 2 rings (SSSR count). The SMILES string of the molecule is CN(C)CCCN=Cc1ccc(O)cc1O.CN(C)CCCN=Cc1ccc(O)cc1O.[Ni+2]. The van der Waals surface area contributed by atoms with E-state index in [1.54, 1.807) is 24.6 Å².